The largest absolute Gasteiger partial charge is 0.452 e. The fraction of sp³-hybridized carbons (Fsp3) is 0.450. The molecule has 1 atom stereocenters. The van der Waals surface area contributed by atoms with Gasteiger partial charge in [0.1, 0.15) is 0 Å². The van der Waals surface area contributed by atoms with Crippen LogP contribution in [0.1, 0.15) is 35.3 Å². The number of nitrogens with zero attached hydrogens (tertiary/aromatic N) is 2. The van der Waals surface area contributed by atoms with Gasteiger partial charge in [-0.25, -0.2) is 13.2 Å². The van der Waals surface area contributed by atoms with Gasteiger partial charge in [-0.15, -0.1) is 0 Å². The molecular weight excluding hydrogens is 380 g/mol. The van der Waals surface area contributed by atoms with Crippen LogP contribution in [0.3, 0.4) is 0 Å². The number of rotatable bonds is 5. The van der Waals surface area contributed by atoms with Crippen molar-refractivity contribution < 1.29 is 22.7 Å². The summed E-state index contributed by atoms with van der Waals surface area (Å²) in [5, 5.41) is 0.673. The van der Waals surface area contributed by atoms with Crippen LogP contribution in [-0.4, -0.2) is 60.4 Å². The summed E-state index contributed by atoms with van der Waals surface area (Å²) in [6.07, 6.45) is 2.18. The lowest BCUT2D eigenvalue weighted by Gasteiger charge is -2.28. The van der Waals surface area contributed by atoms with Gasteiger partial charge in [-0.1, -0.05) is 18.2 Å². The van der Waals surface area contributed by atoms with Gasteiger partial charge >= 0.3 is 5.97 Å². The molecule has 7 nitrogen and oxygen atoms in total. The third kappa shape index (κ3) is 3.87. The number of hydrogen-bond donors (Lipinski definition) is 0. The number of fused-ring (bicyclic) bond motifs is 1. The number of carbonyl (C=O) groups excluding carboxylic acids is 2. The van der Waals surface area contributed by atoms with Crippen molar-refractivity contribution in [2.75, 3.05) is 18.1 Å². The van der Waals surface area contributed by atoms with Crippen LogP contribution in [0, 0.1) is 6.92 Å². The van der Waals surface area contributed by atoms with Crippen molar-refractivity contribution in [2.24, 2.45) is 0 Å². The molecular formula is C20H22N2O5S. The lowest BCUT2D eigenvalue weighted by Crippen LogP contribution is -2.44. The van der Waals surface area contributed by atoms with E-state index in [1.807, 2.05) is 18.2 Å². The van der Waals surface area contributed by atoms with Crippen molar-refractivity contribution >= 4 is 32.6 Å². The van der Waals surface area contributed by atoms with E-state index in [-0.39, 0.29) is 36.1 Å². The lowest BCUT2D eigenvalue weighted by molar-refractivity contribution is -0.137. The van der Waals surface area contributed by atoms with E-state index in [0.29, 0.717) is 28.6 Å². The van der Waals surface area contributed by atoms with Gasteiger partial charge in [0.15, 0.2) is 16.4 Å². The average molecular weight is 402 g/mol. The quantitative estimate of drug-likeness (QED) is 0.709. The molecule has 2 aromatic rings. The Bertz CT molecular complexity index is 1050. The van der Waals surface area contributed by atoms with E-state index in [0.717, 1.165) is 12.8 Å². The highest BCUT2D eigenvalue weighted by Gasteiger charge is 2.42. The number of ether oxygens (including phenoxy) is 1. The topological polar surface area (TPSA) is 93.6 Å². The Morgan fingerprint density at radius 3 is 2.61 bits per heavy atom. The Kier molecular flexibility index (Phi) is 4.82. The number of aromatic nitrogens is 1. The summed E-state index contributed by atoms with van der Waals surface area (Å²) in [7, 11) is -3.09. The van der Waals surface area contributed by atoms with E-state index in [9.17, 15) is 18.0 Å². The average Bonchev–Trinajstić information content (AvgIpc) is 3.42. The number of benzene rings is 1. The molecule has 4 rings (SSSR count). The number of esters is 1. The monoisotopic (exact) mass is 402 g/mol. The summed E-state index contributed by atoms with van der Waals surface area (Å²) in [6.45, 7) is 1.41. The number of pyridine rings is 1. The number of aryl methyl sites for hydroxylation is 1. The number of amides is 1. The third-order valence-corrected chi connectivity index (χ3v) is 6.97. The Hall–Kier alpha value is -2.48. The van der Waals surface area contributed by atoms with Crippen molar-refractivity contribution in [3.05, 3.63) is 41.6 Å². The van der Waals surface area contributed by atoms with Crippen molar-refractivity contribution in [3.8, 4) is 0 Å². The predicted octanol–water partition coefficient (Wildman–Crippen LogP) is 1.88. The summed E-state index contributed by atoms with van der Waals surface area (Å²) in [6, 6.07) is 8.67. The number of hydrogen-bond acceptors (Lipinski definition) is 6. The Morgan fingerprint density at radius 1 is 1.18 bits per heavy atom. The number of sulfone groups is 1. The number of carbonyl (C=O) groups is 2. The molecule has 1 aromatic heterocycles. The maximum atomic E-state index is 12.7. The first-order chi connectivity index (χ1) is 13.3. The third-order valence-electron chi connectivity index (χ3n) is 5.22. The molecule has 0 spiro atoms. The molecule has 1 aliphatic carbocycles. The SMILES string of the molecule is Cc1cc(C(=O)OCC(=O)N(C2CC2)[C@@H]2CCS(=O)(=O)C2)c2ccccc2n1. The second kappa shape index (κ2) is 7.16. The fourth-order valence-electron chi connectivity index (χ4n) is 3.81. The van der Waals surface area contributed by atoms with Gasteiger partial charge in [0.05, 0.1) is 22.6 Å². The van der Waals surface area contributed by atoms with Crippen LogP contribution in [0.15, 0.2) is 30.3 Å². The molecule has 28 heavy (non-hydrogen) atoms. The molecule has 0 unspecified atom stereocenters. The van der Waals surface area contributed by atoms with Crippen LogP contribution in [0.2, 0.25) is 0 Å². The van der Waals surface area contributed by atoms with Gasteiger partial charge in [-0.3, -0.25) is 9.78 Å². The van der Waals surface area contributed by atoms with E-state index in [1.165, 1.54) is 0 Å². The minimum atomic E-state index is -3.09. The molecule has 148 valence electrons. The van der Waals surface area contributed by atoms with Crippen LogP contribution in [0.5, 0.6) is 0 Å². The van der Waals surface area contributed by atoms with Gasteiger partial charge in [0.25, 0.3) is 5.91 Å². The standard InChI is InChI=1S/C20H22N2O5S/c1-13-10-17(16-4-2-3-5-18(16)21-13)20(24)27-11-19(23)22(14-6-7-14)15-8-9-28(25,26)12-15/h2-5,10,14-15H,6-9,11-12H2,1H3/t15-/m1/s1. The maximum absolute atomic E-state index is 12.7. The maximum Gasteiger partial charge on any atom is 0.339 e. The highest BCUT2D eigenvalue weighted by atomic mass is 32.2. The second-order valence-electron chi connectivity index (χ2n) is 7.49. The molecule has 1 saturated carbocycles. The first-order valence-corrected chi connectivity index (χ1v) is 11.2. The van der Waals surface area contributed by atoms with Crippen molar-refractivity contribution in [1.29, 1.82) is 0 Å². The summed E-state index contributed by atoms with van der Waals surface area (Å²) >= 11 is 0. The highest BCUT2D eigenvalue weighted by molar-refractivity contribution is 7.91. The van der Waals surface area contributed by atoms with Gasteiger partial charge in [0.2, 0.25) is 0 Å². The van der Waals surface area contributed by atoms with E-state index in [1.54, 1.807) is 24.0 Å². The number of para-hydroxylation sites is 1. The van der Waals surface area contributed by atoms with Crippen LogP contribution in [0.4, 0.5) is 0 Å². The zero-order valence-electron chi connectivity index (χ0n) is 15.6. The predicted molar refractivity (Wildman–Crippen MR) is 104 cm³/mol. The Balaban J connectivity index is 1.48. The summed E-state index contributed by atoms with van der Waals surface area (Å²) < 4.78 is 28.9. The lowest BCUT2D eigenvalue weighted by atomic mass is 10.1. The first kappa shape index (κ1) is 18.9. The normalized spacial score (nSPS) is 20.8. The zero-order valence-corrected chi connectivity index (χ0v) is 16.4. The zero-order chi connectivity index (χ0) is 19.9. The summed E-state index contributed by atoms with van der Waals surface area (Å²) in [5.74, 6) is -0.800. The first-order valence-electron chi connectivity index (χ1n) is 9.39. The molecule has 2 fully saturated rings. The molecule has 0 N–H and O–H groups in total. The van der Waals surface area contributed by atoms with E-state index < -0.39 is 15.8 Å². The Morgan fingerprint density at radius 2 is 1.93 bits per heavy atom. The Labute approximate surface area is 163 Å². The molecule has 2 aliphatic rings. The second-order valence-corrected chi connectivity index (χ2v) is 9.72. The fourth-order valence-corrected chi connectivity index (χ4v) is 5.52. The molecule has 0 radical (unpaired) electrons. The van der Waals surface area contributed by atoms with Crippen LogP contribution < -0.4 is 0 Å². The van der Waals surface area contributed by atoms with Crippen LogP contribution >= 0.6 is 0 Å². The van der Waals surface area contributed by atoms with Gasteiger partial charge < -0.3 is 9.64 Å². The molecule has 1 saturated heterocycles. The van der Waals surface area contributed by atoms with Crippen molar-refractivity contribution in [3.63, 3.8) is 0 Å². The van der Waals surface area contributed by atoms with Crippen molar-refractivity contribution in [2.45, 2.75) is 38.3 Å². The summed E-state index contributed by atoms with van der Waals surface area (Å²) in [4.78, 5) is 31.4. The van der Waals surface area contributed by atoms with E-state index in [2.05, 4.69) is 4.98 Å². The molecule has 1 aromatic carbocycles. The minimum absolute atomic E-state index is 0.00261. The van der Waals surface area contributed by atoms with Crippen LogP contribution in [-0.2, 0) is 19.4 Å². The van der Waals surface area contributed by atoms with Crippen molar-refractivity contribution in [1.82, 2.24) is 9.88 Å². The molecule has 1 aliphatic heterocycles. The summed E-state index contributed by atoms with van der Waals surface area (Å²) in [5.41, 5.74) is 1.75. The van der Waals surface area contributed by atoms with Crippen LogP contribution in [0.25, 0.3) is 10.9 Å². The molecule has 0 bridgehead atoms. The molecule has 2 heterocycles. The smallest absolute Gasteiger partial charge is 0.339 e. The minimum Gasteiger partial charge on any atom is -0.452 e. The van der Waals surface area contributed by atoms with Gasteiger partial charge in [-0.05, 0) is 38.3 Å². The van der Waals surface area contributed by atoms with E-state index in [4.69, 9.17) is 4.74 Å². The van der Waals surface area contributed by atoms with E-state index >= 15 is 0 Å². The van der Waals surface area contributed by atoms with Gasteiger partial charge in [-0.2, -0.15) is 0 Å². The highest BCUT2D eigenvalue weighted by Crippen LogP contribution is 2.32. The van der Waals surface area contributed by atoms with Gasteiger partial charge in [0, 0.05) is 23.2 Å². The molecule has 1 amide bonds. The molecule has 8 heteroatoms.